The minimum Gasteiger partial charge on any atom is -0.394 e. The maximum absolute atomic E-state index is 13.0. The molecule has 1 heterocycles. The number of benzene rings is 1. The number of halogens is 1. The normalized spacial score (nSPS) is 12.6. The Morgan fingerprint density at radius 1 is 1.61 bits per heavy atom. The van der Waals surface area contributed by atoms with Crippen LogP contribution in [0, 0.1) is 5.82 Å². The molecular formula is C12H13FN2O2S. The second-order valence-corrected chi connectivity index (χ2v) is 4.92. The lowest BCUT2D eigenvalue weighted by Gasteiger charge is -2.12. The van der Waals surface area contributed by atoms with Crippen molar-refractivity contribution in [1.82, 2.24) is 10.3 Å². The van der Waals surface area contributed by atoms with Crippen LogP contribution in [0.25, 0.3) is 10.2 Å². The summed E-state index contributed by atoms with van der Waals surface area (Å²) in [6.07, 6.45) is 0.641. The number of fused-ring (bicyclic) bond motifs is 1. The molecule has 2 rings (SSSR count). The van der Waals surface area contributed by atoms with E-state index in [9.17, 15) is 9.18 Å². The summed E-state index contributed by atoms with van der Waals surface area (Å²) in [6, 6.07) is 3.93. The predicted molar refractivity (Wildman–Crippen MR) is 68.2 cm³/mol. The SMILES string of the molecule is CCC(CO)NC(=O)c1nc2ccc(F)cc2s1. The van der Waals surface area contributed by atoms with Gasteiger partial charge in [0.2, 0.25) is 0 Å². The average Bonchev–Trinajstić information content (AvgIpc) is 2.78. The molecule has 6 heteroatoms. The molecule has 1 aromatic heterocycles. The van der Waals surface area contributed by atoms with Gasteiger partial charge >= 0.3 is 0 Å². The number of thiazole rings is 1. The van der Waals surface area contributed by atoms with Crippen molar-refractivity contribution in [2.45, 2.75) is 19.4 Å². The fourth-order valence-corrected chi connectivity index (χ4v) is 2.41. The first kappa shape index (κ1) is 12.9. The van der Waals surface area contributed by atoms with Crippen LogP contribution in [0.1, 0.15) is 23.1 Å². The quantitative estimate of drug-likeness (QED) is 0.890. The Morgan fingerprint density at radius 2 is 2.39 bits per heavy atom. The third-order valence-electron chi connectivity index (χ3n) is 2.59. The zero-order chi connectivity index (χ0) is 13.1. The van der Waals surface area contributed by atoms with E-state index in [-0.39, 0.29) is 29.4 Å². The number of amides is 1. The smallest absolute Gasteiger partial charge is 0.280 e. The minimum absolute atomic E-state index is 0.109. The van der Waals surface area contributed by atoms with Gasteiger partial charge in [-0.15, -0.1) is 11.3 Å². The molecule has 0 bridgehead atoms. The van der Waals surface area contributed by atoms with Gasteiger partial charge in [-0.25, -0.2) is 9.37 Å². The van der Waals surface area contributed by atoms with E-state index in [0.717, 1.165) is 11.3 Å². The summed E-state index contributed by atoms with van der Waals surface area (Å²) in [6.45, 7) is 1.76. The Kier molecular flexibility index (Phi) is 3.88. The van der Waals surface area contributed by atoms with Gasteiger partial charge in [0, 0.05) is 0 Å². The van der Waals surface area contributed by atoms with Crippen LogP contribution < -0.4 is 5.32 Å². The van der Waals surface area contributed by atoms with Crippen molar-refractivity contribution in [3.05, 3.63) is 29.0 Å². The van der Waals surface area contributed by atoms with Gasteiger partial charge in [-0.3, -0.25) is 4.79 Å². The molecule has 0 spiro atoms. The lowest BCUT2D eigenvalue weighted by atomic mass is 10.2. The van der Waals surface area contributed by atoms with Gasteiger partial charge in [0.05, 0.1) is 22.9 Å². The predicted octanol–water partition coefficient (Wildman–Crippen LogP) is 1.94. The van der Waals surface area contributed by atoms with Gasteiger partial charge in [-0.1, -0.05) is 6.92 Å². The Balaban J connectivity index is 2.23. The number of aliphatic hydroxyl groups is 1. The number of hydrogen-bond donors (Lipinski definition) is 2. The highest BCUT2D eigenvalue weighted by atomic mass is 32.1. The van der Waals surface area contributed by atoms with E-state index in [4.69, 9.17) is 5.11 Å². The number of nitrogens with one attached hydrogen (secondary N) is 1. The maximum atomic E-state index is 13.0. The fourth-order valence-electron chi connectivity index (χ4n) is 1.52. The Morgan fingerprint density at radius 3 is 3.06 bits per heavy atom. The van der Waals surface area contributed by atoms with E-state index >= 15 is 0 Å². The summed E-state index contributed by atoms with van der Waals surface area (Å²) in [4.78, 5) is 16.0. The number of hydrogen-bond acceptors (Lipinski definition) is 4. The maximum Gasteiger partial charge on any atom is 0.280 e. The molecule has 0 aliphatic heterocycles. The van der Waals surface area contributed by atoms with Gasteiger partial charge < -0.3 is 10.4 Å². The summed E-state index contributed by atoms with van der Waals surface area (Å²) in [5, 5.41) is 12.0. The van der Waals surface area contributed by atoms with E-state index in [1.54, 1.807) is 6.07 Å². The van der Waals surface area contributed by atoms with Crippen LogP contribution in [-0.2, 0) is 0 Å². The van der Waals surface area contributed by atoms with Crippen LogP contribution in [-0.4, -0.2) is 28.6 Å². The van der Waals surface area contributed by atoms with Crippen LogP contribution in [0.2, 0.25) is 0 Å². The van der Waals surface area contributed by atoms with E-state index < -0.39 is 0 Å². The third-order valence-corrected chi connectivity index (χ3v) is 3.61. The van der Waals surface area contributed by atoms with Crippen molar-refractivity contribution >= 4 is 27.5 Å². The van der Waals surface area contributed by atoms with Crippen molar-refractivity contribution in [3.63, 3.8) is 0 Å². The highest BCUT2D eigenvalue weighted by molar-refractivity contribution is 7.20. The van der Waals surface area contributed by atoms with Gasteiger partial charge in [-0.05, 0) is 24.6 Å². The van der Waals surface area contributed by atoms with E-state index in [1.807, 2.05) is 6.92 Å². The van der Waals surface area contributed by atoms with Crippen molar-refractivity contribution < 1.29 is 14.3 Å². The molecule has 0 saturated carbocycles. The minimum atomic E-state index is -0.347. The van der Waals surface area contributed by atoms with E-state index in [2.05, 4.69) is 10.3 Å². The number of rotatable bonds is 4. The molecule has 0 aliphatic rings. The fraction of sp³-hybridized carbons (Fsp3) is 0.333. The molecule has 0 radical (unpaired) electrons. The highest BCUT2D eigenvalue weighted by Gasteiger charge is 2.15. The number of nitrogens with zero attached hydrogens (tertiary/aromatic N) is 1. The summed E-state index contributed by atoms with van der Waals surface area (Å²) >= 11 is 1.14. The standard InChI is InChI=1S/C12H13FN2O2S/c1-2-8(6-16)14-11(17)12-15-9-4-3-7(13)5-10(9)18-12/h3-5,8,16H,2,6H2,1H3,(H,14,17). The molecule has 2 aromatic rings. The first-order valence-corrected chi connectivity index (χ1v) is 6.43. The number of aromatic nitrogens is 1. The molecule has 18 heavy (non-hydrogen) atoms. The molecule has 4 nitrogen and oxygen atoms in total. The molecule has 1 aromatic carbocycles. The van der Waals surface area contributed by atoms with Crippen molar-refractivity contribution in [2.24, 2.45) is 0 Å². The summed E-state index contributed by atoms with van der Waals surface area (Å²) in [7, 11) is 0. The van der Waals surface area contributed by atoms with Gasteiger partial charge in [-0.2, -0.15) is 0 Å². The summed E-state index contributed by atoms with van der Waals surface area (Å²) < 4.78 is 13.6. The van der Waals surface area contributed by atoms with Gasteiger partial charge in [0.25, 0.3) is 5.91 Å². The second-order valence-electron chi connectivity index (χ2n) is 3.89. The molecule has 0 fully saturated rings. The summed E-state index contributed by atoms with van der Waals surface area (Å²) in [5.74, 6) is -0.683. The largest absolute Gasteiger partial charge is 0.394 e. The molecule has 0 aliphatic carbocycles. The number of carbonyl (C=O) groups excluding carboxylic acids is 1. The molecule has 96 valence electrons. The number of carbonyl (C=O) groups is 1. The first-order chi connectivity index (χ1) is 8.63. The molecule has 1 atom stereocenters. The Hall–Kier alpha value is -1.53. The molecule has 2 N–H and O–H groups in total. The van der Waals surface area contributed by atoms with Crippen molar-refractivity contribution in [2.75, 3.05) is 6.61 Å². The van der Waals surface area contributed by atoms with Crippen LogP contribution >= 0.6 is 11.3 Å². The molecule has 0 saturated heterocycles. The molecule has 1 amide bonds. The molecule has 1 unspecified atom stereocenters. The highest BCUT2D eigenvalue weighted by Crippen LogP contribution is 2.22. The zero-order valence-corrected chi connectivity index (χ0v) is 10.6. The molecular weight excluding hydrogens is 255 g/mol. The monoisotopic (exact) mass is 268 g/mol. The van der Waals surface area contributed by atoms with Crippen LogP contribution in [0.3, 0.4) is 0 Å². The summed E-state index contributed by atoms with van der Waals surface area (Å²) in [5.41, 5.74) is 0.601. The lowest BCUT2D eigenvalue weighted by Crippen LogP contribution is -2.36. The average molecular weight is 268 g/mol. The van der Waals surface area contributed by atoms with Crippen molar-refractivity contribution in [1.29, 1.82) is 0 Å². The van der Waals surface area contributed by atoms with Crippen LogP contribution in [0.15, 0.2) is 18.2 Å². The lowest BCUT2D eigenvalue weighted by molar-refractivity contribution is 0.0915. The first-order valence-electron chi connectivity index (χ1n) is 5.62. The van der Waals surface area contributed by atoms with Gasteiger partial charge in [0.15, 0.2) is 5.01 Å². The third kappa shape index (κ3) is 2.65. The van der Waals surface area contributed by atoms with Crippen LogP contribution in [0.5, 0.6) is 0 Å². The topological polar surface area (TPSA) is 62.2 Å². The van der Waals surface area contributed by atoms with Crippen molar-refractivity contribution in [3.8, 4) is 0 Å². The Labute approximate surface area is 107 Å². The van der Waals surface area contributed by atoms with E-state index in [1.165, 1.54) is 12.1 Å². The van der Waals surface area contributed by atoms with Crippen LogP contribution in [0.4, 0.5) is 4.39 Å². The zero-order valence-electron chi connectivity index (χ0n) is 9.81. The van der Waals surface area contributed by atoms with E-state index in [0.29, 0.717) is 16.6 Å². The number of aliphatic hydroxyl groups excluding tert-OH is 1. The second kappa shape index (κ2) is 5.41. The Bertz CT molecular complexity index is 566. The van der Waals surface area contributed by atoms with Gasteiger partial charge in [0.1, 0.15) is 5.82 Å².